The molecule has 2 aromatic carbocycles. The van der Waals surface area contributed by atoms with Crippen molar-refractivity contribution in [2.45, 2.75) is 0 Å². The standard InChI is InChI=1S/C18H17NO6/c1-23-15(20)10-14(18(22)25-3)19-16-12-7-5-4-6-11(12)8-9-13(16)17(21)24-2/h4-10,19H,1-3H3/b14-10+. The van der Waals surface area contributed by atoms with Gasteiger partial charge in [0.1, 0.15) is 5.70 Å². The lowest BCUT2D eigenvalue weighted by molar-refractivity contribution is -0.138. The lowest BCUT2D eigenvalue weighted by Crippen LogP contribution is -2.17. The van der Waals surface area contributed by atoms with E-state index in [4.69, 9.17) is 4.74 Å². The van der Waals surface area contributed by atoms with E-state index in [9.17, 15) is 14.4 Å². The lowest BCUT2D eigenvalue weighted by atomic mass is 10.0. The van der Waals surface area contributed by atoms with Gasteiger partial charge in [-0.1, -0.05) is 30.3 Å². The summed E-state index contributed by atoms with van der Waals surface area (Å²) in [7, 11) is 3.62. The summed E-state index contributed by atoms with van der Waals surface area (Å²) in [6, 6.07) is 10.6. The normalized spacial score (nSPS) is 10.9. The first-order chi connectivity index (χ1) is 12.0. The van der Waals surface area contributed by atoms with E-state index in [0.29, 0.717) is 11.1 Å². The van der Waals surface area contributed by atoms with E-state index in [2.05, 4.69) is 14.8 Å². The summed E-state index contributed by atoms with van der Waals surface area (Å²) in [5.74, 6) is -2.11. The van der Waals surface area contributed by atoms with E-state index >= 15 is 0 Å². The highest BCUT2D eigenvalue weighted by Gasteiger charge is 2.19. The molecule has 0 bridgehead atoms. The topological polar surface area (TPSA) is 90.9 Å². The second-order valence-corrected chi connectivity index (χ2v) is 4.90. The molecule has 0 aromatic heterocycles. The minimum atomic E-state index is -0.783. The molecule has 0 fully saturated rings. The van der Waals surface area contributed by atoms with Crippen molar-refractivity contribution in [3.8, 4) is 0 Å². The van der Waals surface area contributed by atoms with Crippen molar-refractivity contribution < 1.29 is 28.6 Å². The molecule has 0 saturated heterocycles. The molecule has 7 nitrogen and oxygen atoms in total. The summed E-state index contributed by atoms with van der Waals surface area (Å²) in [5.41, 5.74) is 0.363. The second kappa shape index (κ2) is 7.96. The number of nitrogens with one attached hydrogen (secondary N) is 1. The summed E-state index contributed by atoms with van der Waals surface area (Å²) in [4.78, 5) is 35.6. The fraction of sp³-hybridized carbons (Fsp3) is 0.167. The molecule has 2 aromatic rings. The maximum Gasteiger partial charge on any atom is 0.354 e. The van der Waals surface area contributed by atoms with Gasteiger partial charge in [0.25, 0.3) is 0 Å². The number of esters is 3. The largest absolute Gasteiger partial charge is 0.466 e. The third-order valence-electron chi connectivity index (χ3n) is 3.46. The molecule has 0 atom stereocenters. The fourth-order valence-electron chi connectivity index (χ4n) is 2.25. The molecule has 0 saturated carbocycles. The van der Waals surface area contributed by atoms with Crippen LogP contribution in [0.5, 0.6) is 0 Å². The Kier molecular flexibility index (Phi) is 5.73. The first-order valence-electron chi connectivity index (χ1n) is 7.26. The Morgan fingerprint density at radius 3 is 2.28 bits per heavy atom. The zero-order chi connectivity index (χ0) is 18.4. The number of benzene rings is 2. The molecule has 0 amide bonds. The van der Waals surface area contributed by atoms with Crippen LogP contribution in [0, 0.1) is 0 Å². The molecule has 0 heterocycles. The van der Waals surface area contributed by atoms with Crippen LogP contribution in [0.2, 0.25) is 0 Å². The molecule has 0 aliphatic rings. The van der Waals surface area contributed by atoms with Crippen molar-refractivity contribution in [1.29, 1.82) is 0 Å². The molecule has 1 N–H and O–H groups in total. The van der Waals surface area contributed by atoms with E-state index in [1.165, 1.54) is 21.3 Å². The smallest absolute Gasteiger partial charge is 0.354 e. The fourth-order valence-corrected chi connectivity index (χ4v) is 2.25. The predicted octanol–water partition coefficient (Wildman–Crippen LogP) is 2.27. The van der Waals surface area contributed by atoms with E-state index in [-0.39, 0.29) is 11.3 Å². The monoisotopic (exact) mass is 343 g/mol. The van der Waals surface area contributed by atoms with Gasteiger partial charge in [-0.3, -0.25) is 0 Å². The Labute approximate surface area is 144 Å². The molecule has 130 valence electrons. The van der Waals surface area contributed by atoms with Gasteiger partial charge in [-0.2, -0.15) is 0 Å². The number of fused-ring (bicyclic) bond motifs is 1. The summed E-state index contributed by atoms with van der Waals surface area (Å²) in [5, 5.41) is 4.31. The van der Waals surface area contributed by atoms with Gasteiger partial charge >= 0.3 is 17.9 Å². The van der Waals surface area contributed by atoms with Crippen molar-refractivity contribution in [2.24, 2.45) is 0 Å². The summed E-state index contributed by atoms with van der Waals surface area (Å²) in [6.07, 6.45) is 0.953. The van der Waals surface area contributed by atoms with E-state index < -0.39 is 17.9 Å². The summed E-state index contributed by atoms with van der Waals surface area (Å²) >= 11 is 0. The molecule has 25 heavy (non-hydrogen) atoms. The molecule has 0 aliphatic heterocycles. The first kappa shape index (κ1) is 18.0. The van der Waals surface area contributed by atoms with Crippen molar-refractivity contribution in [1.82, 2.24) is 0 Å². The molecule has 0 spiro atoms. The second-order valence-electron chi connectivity index (χ2n) is 4.90. The van der Waals surface area contributed by atoms with Gasteiger partial charge < -0.3 is 19.5 Å². The maximum atomic E-state index is 12.1. The summed E-state index contributed by atoms with van der Waals surface area (Å²) in [6.45, 7) is 0. The van der Waals surface area contributed by atoms with Crippen molar-refractivity contribution in [3.05, 3.63) is 53.7 Å². The van der Waals surface area contributed by atoms with Crippen molar-refractivity contribution >= 4 is 34.4 Å². The number of hydrogen-bond acceptors (Lipinski definition) is 7. The third-order valence-corrected chi connectivity index (χ3v) is 3.46. The molecule has 0 radical (unpaired) electrons. The molecule has 7 heteroatoms. The zero-order valence-electron chi connectivity index (χ0n) is 14.0. The number of rotatable bonds is 5. The summed E-state index contributed by atoms with van der Waals surface area (Å²) < 4.78 is 14.0. The van der Waals surface area contributed by atoms with Crippen LogP contribution >= 0.6 is 0 Å². The zero-order valence-corrected chi connectivity index (χ0v) is 14.0. The van der Waals surface area contributed by atoms with Gasteiger partial charge in [-0.05, 0) is 11.5 Å². The van der Waals surface area contributed by atoms with Crippen LogP contribution < -0.4 is 5.32 Å². The van der Waals surface area contributed by atoms with Crippen LogP contribution in [0.25, 0.3) is 10.8 Å². The average molecular weight is 343 g/mol. The highest BCUT2D eigenvalue weighted by molar-refractivity contribution is 6.09. The van der Waals surface area contributed by atoms with Gasteiger partial charge in [0.2, 0.25) is 0 Å². The minimum absolute atomic E-state index is 0.171. The number of carbonyl (C=O) groups excluding carboxylic acids is 3. The SMILES string of the molecule is COC(=O)/C=C(/Nc1c(C(=O)OC)ccc2ccccc12)C(=O)OC. The molecule has 0 unspecified atom stereocenters. The maximum absolute atomic E-state index is 12.1. The number of methoxy groups -OCH3 is 3. The van der Waals surface area contributed by atoms with E-state index in [1.807, 2.05) is 12.1 Å². The van der Waals surface area contributed by atoms with Crippen LogP contribution in [0.3, 0.4) is 0 Å². The van der Waals surface area contributed by atoms with Crippen molar-refractivity contribution in [3.63, 3.8) is 0 Å². The Hall–Kier alpha value is -3.35. The van der Waals surface area contributed by atoms with Crippen LogP contribution in [-0.4, -0.2) is 39.2 Å². The number of carbonyl (C=O) groups is 3. The Morgan fingerprint density at radius 1 is 0.920 bits per heavy atom. The number of hydrogen-bond donors (Lipinski definition) is 1. The highest BCUT2D eigenvalue weighted by Crippen LogP contribution is 2.29. The highest BCUT2D eigenvalue weighted by atomic mass is 16.5. The van der Waals surface area contributed by atoms with Crippen molar-refractivity contribution in [2.75, 3.05) is 26.6 Å². The van der Waals surface area contributed by atoms with E-state index in [1.54, 1.807) is 24.3 Å². The molecule has 0 aliphatic carbocycles. The van der Waals surface area contributed by atoms with Gasteiger partial charge in [0.05, 0.1) is 38.7 Å². The van der Waals surface area contributed by atoms with Gasteiger partial charge in [0, 0.05) is 5.39 Å². The molecular formula is C18H17NO6. The van der Waals surface area contributed by atoms with Gasteiger partial charge in [-0.15, -0.1) is 0 Å². The van der Waals surface area contributed by atoms with Crippen LogP contribution in [0.15, 0.2) is 48.2 Å². The predicted molar refractivity (Wildman–Crippen MR) is 91.0 cm³/mol. The van der Waals surface area contributed by atoms with E-state index in [0.717, 1.165) is 11.5 Å². The minimum Gasteiger partial charge on any atom is -0.466 e. The lowest BCUT2D eigenvalue weighted by Gasteiger charge is -2.15. The Balaban J connectivity index is 2.63. The number of anilines is 1. The van der Waals surface area contributed by atoms with Crippen LogP contribution in [-0.2, 0) is 23.8 Å². The number of ether oxygens (including phenoxy) is 3. The average Bonchev–Trinajstić information content (AvgIpc) is 2.66. The van der Waals surface area contributed by atoms with Gasteiger partial charge in [-0.25, -0.2) is 14.4 Å². The van der Waals surface area contributed by atoms with Crippen LogP contribution in [0.4, 0.5) is 5.69 Å². The first-order valence-corrected chi connectivity index (χ1v) is 7.26. The van der Waals surface area contributed by atoms with Crippen LogP contribution in [0.1, 0.15) is 10.4 Å². The molecular weight excluding hydrogens is 326 g/mol. The Bertz CT molecular complexity index is 856. The third kappa shape index (κ3) is 3.95. The van der Waals surface area contributed by atoms with Gasteiger partial charge in [0.15, 0.2) is 0 Å². The Morgan fingerprint density at radius 2 is 1.64 bits per heavy atom. The molecule has 2 rings (SSSR count). The quantitative estimate of drug-likeness (QED) is 0.506.